The van der Waals surface area contributed by atoms with Crippen LogP contribution in [0.3, 0.4) is 0 Å². The molecule has 0 saturated heterocycles. The van der Waals surface area contributed by atoms with Gasteiger partial charge in [0.2, 0.25) is 0 Å². The minimum atomic E-state index is 0.0185. The van der Waals surface area contributed by atoms with Gasteiger partial charge in [-0.2, -0.15) is 0 Å². The summed E-state index contributed by atoms with van der Waals surface area (Å²) in [5.41, 5.74) is 6.10. The standard InChI is InChI=1S/C22H23BN4S/c1-22(2,3)12-14-9-10-15-18(11-14)28-20-19(15)24-13-25-21(20)23-26-16-7-5-6-8-17(16)27(23)4/h5-11,13,26H,12H2,1-4H3. The van der Waals surface area contributed by atoms with E-state index in [1.807, 2.05) is 0 Å². The summed E-state index contributed by atoms with van der Waals surface area (Å²) >= 11 is 1.80. The molecule has 0 radical (unpaired) electrons. The van der Waals surface area contributed by atoms with Gasteiger partial charge in [0, 0.05) is 21.5 Å². The lowest BCUT2D eigenvalue weighted by atomic mass is 9.71. The summed E-state index contributed by atoms with van der Waals surface area (Å²) in [7, 11) is 2.12. The number of para-hydroxylation sites is 2. The van der Waals surface area contributed by atoms with E-state index >= 15 is 0 Å². The van der Waals surface area contributed by atoms with Crippen LogP contribution in [0.2, 0.25) is 0 Å². The van der Waals surface area contributed by atoms with Crippen molar-refractivity contribution in [2.75, 3.05) is 17.1 Å². The Labute approximate surface area is 169 Å². The topological polar surface area (TPSA) is 41.1 Å². The lowest BCUT2D eigenvalue weighted by Crippen LogP contribution is -2.50. The average molecular weight is 386 g/mol. The zero-order valence-electron chi connectivity index (χ0n) is 16.7. The Morgan fingerprint density at radius 3 is 2.71 bits per heavy atom. The van der Waals surface area contributed by atoms with E-state index in [4.69, 9.17) is 4.98 Å². The molecule has 0 saturated carbocycles. The normalized spacial score (nSPS) is 14.0. The Balaban J connectivity index is 1.62. The minimum absolute atomic E-state index is 0.0185. The second-order valence-corrected chi connectivity index (χ2v) is 9.83. The van der Waals surface area contributed by atoms with E-state index in [9.17, 15) is 0 Å². The van der Waals surface area contributed by atoms with Crippen LogP contribution in [0.15, 0.2) is 48.8 Å². The van der Waals surface area contributed by atoms with Crippen molar-refractivity contribution in [3.8, 4) is 0 Å². The third-order valence-corrected chi connectivity index (χ3v) is 6.47. The highest BCUT2D eigenvalue weighted by molar-refractivity contribution is 7.27. The maximum Gasteiger partial charge on any atom is 0.429 e. The zero-order valence-corrected chi connectivity index (χ0v) is 17.5. The molecule has 0 atom stereocenters. The van der Waals surface area contributed by atoms with Crippen molar-refractivity contribution < 1.29 is 0 Å². The molecule has 4 aromatic rings. The van der Waals surface area contributed by atoms with E-state index in [1.54, 1.807) is 17.7 Å². The second-order valence-electron chi connectivity index (χ2n) is 8.78. The zero-order chi connectivity index (χ0) is 19.5. The Kier molecular flexibility index (Phi) is 3.88. The largest absolute Gasteiger partial charge is 0.429 e. The van der Waals surface area contributed by atoms with Crippen LogP contribution in [-0.4, -0.2) is 24.0 Å². The summed E-state index contributed by atoms with van der Waals surface area (Å²) < 4.78 is 2.46. The molecular weight excluding hydrogens is 363 g/mol. The fourth-order valence-electron chi connectivity index (χ4n) is 4.09. The summed E-state index contributed by atoms with van der Waals surface area (Å²) in [5.74, 6) is 0. The predicted octanol–water partition coefficient (Wildman–Crippen LogP) is 4.69. The maximum atomic E-state index is 4.69. The number of fused-ring (bicyclic) bond motifs is 4. The van der Waals surface area contributed by atoms with Crippen LogP contribution in [0.4, 0.5) is 11.4 Å². The van der Waals surface area contributed by atoms with Gasteiger partial charge in [-0.05, 0) is 42.6 Å². The van der Waals surface area contributed by atoms with Crippen LogP contribution in [0.5, 0.6) is 0 Å². The molecular formula is C22H23BN4S. The van der Waals surface area contributed by atoms with Gasteiger partial charge in [-0.1, -0.05) is 45.0 Å². The van der Waals surface area contributed by atoms with E-state index in [-0.39, 0.29) is 12.4 Å². The summed E-state index contributed by atoms with van der Waals surface area (Å²) in [6.45, 7) is 6.87. The molecule has 1 N–H and O–H groups in total. The van der Waals surface area contributed by atoms with Crippen LogP contribution in [-0.2, 0) is 6.42 Å². The van der Waals surface area contributed by atoms with E-state index in [2.05, 4.69) is 85.3 Å². The molecule has 0 spiro atoms. The number of nitrogens with zero attached hydrogens (tertiary/aromatic N) is 3. The number of rotatable bonds is 2. The summed E-state index contributed by atoms with van der Waals surface area (Å²) in [4.78, 5) is 11.6. The number of hydrogen-bond acceptors (Lipinski definition) is 5. The van der Waals surface area contributed by atoms with Crippen LogP contribution < -0.4 is 15.6 Å². The summed E-state index contributed by atoms with van der Waals surface area (Å²) in [5, 5.41) is 4.84. The first kappa shape index (κ1) is 17.5. The molecule has 4 nitrogen and oxygen atoms in total. The molecule has 28 heavy (non-hydrogen) atoms. The third kappa shape index (κ3) is 2.83. The average Bonchev–Trinajstić information content (AvgIpc) is 3.18. The van der Waals surface area contributed by atoms with Gasteiger partial charge in [0.05, 0.1) is 15.8 Å². The van der Waals surface area contributed by atoms with Crippen molar-refractivity contribution >= 4 is 55.6 Å². The van der Waals surface area contributed by atoms with E-state index in [1.165, 1.54) is 26.0 Å². The molecule has 5 rings (SSSR count). The SMILES string of the molecule is CN1B(c2ncnc3c2sc2cc(CC(C)(C)C)ccc23)Nc2ccccc21. The monoisotopic (exact) mass is 386 g/mol. The Hall–Kier alpha value is -2.60. The highest BCUT2D eigenvalue weighted by atomic mass is 32.1. The number of hydrogen-bond donors (Lipinski definition) is 1. The molecule has 140 valence electrons. The number of thiophene rings is 1. The van der Waals surface area contributed by atoms with Gasteiger partial charge >= 0.3 is 6.98 Å². The van der Waals surface area contributed by atoms with Crippen molar-refractivity contribution in [2.45, 2.75) is 27.2 Å². The van der Waals surface area contributed by atoms with Gasteiger partial charge in [-0.15, -0.1) is 11.3 Å². The third-order valence-electron chi connectivity index (χ3n) is 5.30. The molecule has 0 aliphatic carbocycles. The molecule has 3 heterocycles. The molecule has 6 heteroatoms. The Morgan fingerprint density at radius 1 is 1.11 bits per heavy atom. The molecule has 2 aromatic carbocycles. The van der Waals surface area contributed by atoms with Crippen molar-refractivity contribution in [1.82, 2.24) is 9.97 Å². The minimum Gasteiger partial charge on any atom is -0.403 e. The maximum absolute atomic E-state index is 4.69. The fourth-order valence-corrected chi connectivity index (χ4v) is 5.33. The van der Waals surface area contributed by atoms with Gasteiger partial charge in [-0.25, -0.2) is 9.97 Å². The van der Waals surface area contributed by atoms with E-state index in [0.717, 1.165) is 23.2 Å². The van der Waals surface area contributed by atoms with Gasteiger partial charge in [0.25, 0.3) is 0 Å². The first-order valence-corrected chi connectivity index (χ1v) is 10.5. The van der Waals surface area contributed by atoms with E-state index < -0.39 is 0 Å². The highest BCUT2D eigenvalue weighted by Crippen LogP contribution is 2.35. The molecule has 0 amide bonds. The lowest BCUT2D eigenvalue weighted by Gasteiger charge is -2.17. The quantitative estimate of drug-likeness (QED) is 0.508. The van der Waals surface area contributed by atoms with Gasteiger partial charge in [-0.3, -0.25) is 0 Å². The number of benzene rings is 2. The van der Waals surface area contributed by atoms with Crippen molar-refractivity contribution in [2.24, 2.45) is 5.41 Å². The molecule has 1 aliphatic heterocycles. The van der Waals surface area contributed by atoms with Crippen molar-refractivity contribution in [3.63, 3.8) is 0 Å². The fraction of sp³-hybridized carbons (Fsp3) is 0.273. The molecule has 0 bridgehead atoms. The molecule has 0 fully saturated rings. The lowest BCUT2D eigenvalue weighted by molar-refractivity contribution is 0.411. The van der Waals surface area contributed by atoms with Crippen molar-refractivity contribution in [1.29, 1.82) is 0 Å². The van der Waals surface area contributed by atoms with Gasteiger partial charge < -0.3 is 10.0 Å². The Morgan fingerprint density at radius 2 is 1.93 bits per heavy atom. The smallest absolute Gasteiger partial charge is 0.403 e. The summed E-state index contributed by atoms with van der Waals surface area (Å²) in [6.07, 6.45) is 2.77. The van der Waals surface area contributed by atoms with Crippen LogP contribution in [0, 0.1) is 5.41 Å². The second kappa shape index (κ2) is 6.21. The Bertz CT molecular complexity index is 1190. The summed E-state index contributed by atoms with van der Waals surface area (Å²) in [6, 6.07) is 15.2. The number of nitrogens with one attached hydrogen (secondary N) is 1. The van der Waals surface area contributed by atoms with Crippen LogP contribution in [0.25, 0.3) is 20.3 Å². The van der Waals surface area contributed by atoms with Gasteiger partial charge in [0.15, 0.2) is 0 Å². The first-order valence-electron chi connectivity index (χ1n) is 9.65. The van der Waals surface area contributed by atoms with Crippen LogP contribution in [0.1, 0.15) is 26.3 Å². The van der Waals surface area contributed by atoms with Crippen LogP contribution >= 0.6 is 11.3 Å². The molecule has 2 aromatic heterocycles. The van der Waals surface area contributed by atoms with Gasteiger partial charge in [0.1, 0.15) is 6.33 Å². The molecule has 1 aliphatic rings. The molecule has 0 unspecified atom stereocenters. The predicted molar refractivity (Wildman–Crippen MR) is 122 cm³/mol. The highest BCUT2D eigenvalue weighted by Gasteiger charge is 2.35. The number of anilines is 2. The first-order chi connectivity index (χ1) is 13.4. The number of aromatic nitrogens is 2. The van der Waals surface area contributed by atoms with E-state index in [0.29, 0.717) is 0 Å². The van der Waals surface area contributed by atoms with Crippen molar-refractivity contribution in [3.05, 3.63) is 54.4 Å².